The average Bonchev–Trinajstić information content (AvgIpc) is 2.91. The molecule has 4 rings (SSSR count). The molecule has 3 aliphatic carbocycles. The summed E-state index contributed by atoms with van der Waals surface area (Å²) in [6.07, 6.45) is 13.8. The molecule has 8 atom stereocenters. The van der Waals surface area contributed by atoms with Crippen molar-refractivity contribution in [2.75, 3.05) is 0 Å². The Bertz CT molecular complexity index is 595. The quantitative estimate of drug-likeness (QED) is 0.701. The molecule has 1 heterocycles. The Morgan fingerprint density at radius 1 is 1.19 bits per heavy atom. The summed E-state index contributed by atoms with van der Waals surface area (Å²) in [5, 5.41) is 3.31. The lowest BCUT2D eigenvalue weighted by atomic mass is 9.45. The van der Waals surface area contributed by atoms with Crippen LogP contribution in [0.25, 0.3) is 0 Å². The van der Waals surface area contributed by atoms with Crippen LogP contribution in [0.3, 0.4) is 0 Å². The van der Waals surface area contributed by atoms with E-state index in [1.54, 1.807) is 0 Å². The predicted octanol–water partition coefficient (Wildman–Crippen LogP) is 5.58. The highest BCUT2D eigenvalue weighted by Crippen LogP contribution is 2.66. The predicted molar refractivity (Wildman–Crippen MR) is 108 cm³/mol. The summed E-state index contributed by atoms with van der Waals surface area (Å²) in [6.45, 7) is 12.3. The van der Waals surface area contributed by atoms with Crippen molar-refractivity contribution >= 4 is 5.91 Å². The van der Waals surface area contributed by atoms with Gasteiger partial charge < -0.3 is 5.32 Å². The molecule has 1 amide bonds. The monoisotopic (exact) mass is 357 g/mol. The van der Waals surface area contributed by atoms with Crippen LogP contribution in [-0.2, 0) is 4.79 Å². The van der Waals surface area contributed by atoms with Crippen molar-refractivity contribution in [2.45, 2.75) is 85.6 Å². The van der Waals surface area contributed by atoms with E-state index in [2.05, 4.69) is 46.0 Å². The summed E-state index contributed by atoms with van der Waals surface area (Å²) in [5.41, 5.74) is 0.734. The van der Waals surface area contributed by atoms with Crippen molar-refractivity contribution in [3.05, 3.63) is 12.2 Å². The molecule has 0 aromatic rings. The van der Waals surface area contributed by atoms with Crippen LogP contribution in [0.1, 0.15) is 79.6 Å². The summed E-state index contributed by atoms with van der Waals surface area (Å²) >= 11 is 0. The molecule has 3 fully saturated rings. The van der Waals surface area contributed by atoms with Crippen LogP contribution in [0.4, 0.5) is 0 Å². The number of hydrogen-bond donors (Lipinski definition) is 1. The minimum Gasteiger partial charge on any atom is -0.349 e. The highest BCUT2D eigenvalue weighted by atomic mass is 16.1. The van der Waals surface area contributed by atoms with Crippen LogP contribution in [0, 0.1) is 46.3 Å². The molecule has 0 bridgehead atoms. The van der Waals surface area contributed by atoms with Crippen molar-refractivity contribution in [2.24, 2.45) is 46.3 Å². The summed E-state index contributed by atoms with van der Waals surface area (Å²) in [6, 6.07) is 0.346. The first-order chi connectivity index (χ1) is 12.3. The van der Waals surface area contributed by atoms with Gasteiger partial charge in [-0.15, -0.1) is 0 Å². The van der Waals surface area contributed by atoms with E-state index < -0.39 is 0 Å². The van der Waals surface area contributed by atoms with Gasteiger partial charge in [-0.05, 0) is 85.5 Å². The van der Waals surface area contributed by atoms with Crippen LogP contribution < -0.4 is 5.32 Å². The van der Waals surface area contributed by atoms with Gasteiger partial charge in [-0.2, -0.15) is 0 Å². The molecule has 0 aromatic heterocycles. The lowest BCUT2D eigenvalue weighted by Gasteiger charge is -2.61. The largest absolute Gasteiger partial charge is 0.349 e. The number of fused-ring (bicyclic) bond motifs is 5. The molecule has 1 N–H and O–H groups in total. The van der Waals surface area contributed by atoms with E-state index in [1.807, 2.05) is 6.08 Å². The van der Waals surface area contributed by atoms with E-state index in [1.165, 1.54) is 38.5 Å². The molecule has 0 aromatic carbocycles. The van der Waals surface area contributed by atoms with E-state index >= 15 is 0 Å². The van der Waals surface area contributed by atoms with E-state index in [4.69, 9.17) is 0 Å². The topological polar surface area (TPSA) is 29.1 Å². The second-order valence-corrected chi connectivity index (χ2v) is 11.1. The van der Waals surface area contributed by atoms with Gasteiger partial charge in [-0.3, -0.25) is 4.79 Å². The Labute approximate surface area is 160 Å². The summed E-state index contributed by atoms with van der Waals surface area (Å²) < 4.78 is 0. The van der Waals surface area contributed by atoms with Crippen molar-refractivity contribution in [1.29, 1.82) is 0 Å². The minimum atomic E-state index is 0.119. The van der Waals surface area contributed by atoms with Crippen molar-refractivity contribution < 1.29 is 4.79 Å². The smallest absolute Gasteiger partial charge is 0.243 e. The summed E-state index contributed by atoms with van der Waals surface area (Å²) in [4.78, 5) is 11.9. The first-order valence-electron chi connectivity index (χ1n) is 11.3. The molecular weight excluding hydrogens is 318 g/mol. The molecule has 2 heteroatoms. The number of carbonyl (C=O) groups excluding carboxylic acids is 1. The molecule has 3 saturated carbocycles. The summed E-state index contributed by atoms with van der Waals surface area (Å²) in [7, 11) is 0. The number of hydrogen-bond acceptors (Lipinski definition) is 1. The van der Waals surface area contributed by atoms with Gasteiger partial charge in [0.25, 0.3) is 0 Å². The van der Waals surface area contributed by atoms with Gasteiger partial charge in [-0.1, -0.05) is 47.1 Å². The second kappa shape index (κ2) is 6.38. The summed E-state index contributed by atoms with van der Waals surface area (Å²) in [5.74, 6) is 5.12. The Hall–Kier alpha value is -0.790. The minimum absolute atomic E-state index is 0.119. The number of rotatable bonds is 3. The Kier molecular flexibility index (Phi) is 4.56. The maximum Gasteiger partial charge on any atom is 0.243 e. The zero-order valence-corrected chi connectivity index (χ0v) is 17.6. The molecule has 0 saturated heterocycles. The highest BCUT2D eigenvalue weighted by Gasteiger charge is 2.61. The Balaban J connectivity index is 1.60. The van der Waals surface area contributed by atoms with Gasteiger partial charge in [0.1, 0.15) is 0 Å². The van der Waals surface area contributed by atoms with E-state index in [0.717, 1.165) is 41.9 Å². The van der Waals surface area contributed by atoms with Gasteiger partial charge in [0.15, 0.2) is 0 Å². The molecule has 26 heavy (non-hydrogen) atoms. The molecule has 1 aliphatic heterocycles. The number of amides is 1. The van der Waals surface area contributed by atoms with Crippen molar-refractivity contribution in [3.8, 4) is 0 Å². The molecule has 2 nitrogen and oxygen atoms in total. The first kappa shape index (κ1) is 18.6. The maximum atomic E-state index is 11.9. The number of carbonyl (C=O) groups is 1. The third-order valence-corrected chi connectivity index (χ3v) is 9.35. The maximum absolute atomic E-state index is 11.9. The van der Waals surface area contributed by atoms with Gasteiger partial charge in [0, 0.05) is 11.5 Å². The highest BCUT2D eigenvalue weighted by molar-refractivity contribution is 5.89. The van der Waals surface area contributed by atoms with Gasteiger partial charge >= 0.3 is 0 Å². The van der Waals surface area contributed by atoms with Gasteiger partial charge in [-0.25, -0.2) is 0 Å². The molecule has 0 radical (unpaired) electrons. The number of nitrogens with one attached hydrogen (secondary N) is 1. The lowest BCUT2D eigenvalue weighted by molar-refractivity contribution is -0.125. The van der Waals surface area contributed by atoms with E-state index in [-0.39, 0.29) is 11.3 Å². The Morgan fingerprint density at radius 3 is 2.69 bits per heavy atom. The Morgan fingerprint density at radius 2 is 1.96 bits per heavy atom. The zero-order valence-electron chi connectivity index (χ0n) is 17.6. The molecule has 146 valence electrons. The molecule has 4 aliphatic rings. The van der Waals surface area contributed by atoms with Crippen LogP contribution >= 0.6 is 0 Å². The van der Waals surface area contributed by atoms with Crippen LogP contribution in [-0.4, -0.2) is 11.9 Å². The molecule has 3 unspecified atom stereocenters. The fourth-order valence-electron chi connectivity index (χ4n) is 7.80. The lowest BCUT2D eigenvalue weighted by Crippen LogP contribution is -2.61. The first-order valence-corrected chi connectivity index (χ1v) is 11.3. The van der Waals surface area contributed by atoms with Crippen LogP contribution in [0.15, 0.2) is 12.2 Å². The fraction of sp³-hybridized carbons (Fsp3) is 0.875. The zero-order chi connectivity index (χ0) is 18.7. The molecular formula is C24H39NO. The third-order valence-electron chi connectivity index (χ3n) is 9.35. The third kappa shape index (κ3) is 2.69. The van der Waals surface area contributed by atoms with Gasteiger partial charge in [0.05, 0.1) is 0 Å². The molecule has 0 spiro atoms. The van der Waals surface area contributed by atoms with E-state index in [9.17, 15) is 4.79 Å². The average molecular weight is 358 g/mol. The van der Waals surface area contributed by atoms with E-state index in [0.29, 0.717) is 11.5 Å². The second-order valence-electron chi connectivity index (χ2n) is 11.1. The normalized spacial score (nSPS) is 50.2. The fourth-order valence-corrected chi connectivity index (χ4v) is 7.80. The van der Waals surface area contributed by atoms with Crippen molar-refractivity contribution in [1.82, 2.24) is 5.32 Å². The van der Waals surface area contributed by atoms with Crippen molar-refractivity contribution in [3.63, 3.8) is 0 Å². The van der Waals surface area contributed by atoms with Crippen LogP contribution in [0.2, 0.25) is 0 Å². The van der Waals surface area contributed by atoms with Crippen LogP contribution in [0.5, 0.6) is 0 Å². The van der Waals surface area contributed by atoms with Gasteiger partial charge in [0.2, 0.25) is 5.91 Å². The SMILES string of the molecule is CC(C)CCC1CC[C@H]2[C@@H]3C(C)CC4NC(=O)C=C[C@]4(C)[C@@H]3CC[C@]12C. The standard InChI is InChI=1S/C24H39NO/c1-15(2)6-7-17-8-9-18-22-16(3)14-20-24(5,13-11-21(26)25-20)19(22)10-12-23(17,18)4/h11,13,15-20,22H,6-10,12,14H2,1-5H3,(H,25,26)/t16?,17?,18-,19+,20?,22-,23+,24+/m0/s1.